The minimum absolute atomic E-state index is 0.293. The number of carboxylic acids is 1. The van der Waals surface area contributed by atoms with Gasteiger partial charge in [-0.3, -0.25) is 9.69 Å². The van der Waals surface area contributed by atoms with E-state index in [0.717, 1.165) is 30.4 Å². The summed E-state index contributed by atoms with van der Waals surface area (Å²) in [4.78, 5) is 14.2. The fraction of sp³-hybridized carbons (Fsp3) is 0.500. The van der Waals surface area contributed by atoms with Gasteiger partial charge in [0.2, 0.25) is 0 Å². The predicted octanol–water partition coefficient (Wildman–Crippen LogP) is 2.56. The Bertz CT molecular complexity index is 366. The molecule has 1 atom stereocenters. The van der Waals surface area contributed by atoms with Gasteiger partial charge in [0.25, 0.3) is 0 Å². The number of aliphatic carboxylic acids is 1. The lowest BCUT2D eigenvalue weighted by molar-refractivity contribution is -0.142. The third kappa shape index (κ3) is 2.41. The fourth-order valence-electron chi connectivity index (χ4n) is 1.92. The summed E-state index contributed by atoms with van der Waals surface area (Å²) in [6.45, 7) is 1.64. The van der Waals surface area contributed by atoms with Gasteiger partial charge in [0.05, 0.1) is 0 Å². The van der Waals surface area contributed by atoms with E-state index in [1.54, 1.807) is 11.3 Å². The van der Waals surface area contributed by atoms with E-state index in [1.807, 2.05) is 16.3 Å². The SMILES string of the molecule is O=C(O)C1CCCN1Cc1sccc1Br. The van der Waals surface area contributed by atoms with E-state index >= 15 is 0 Å². The minimum atomic E-state index is -0.694. The first kappa shape index (κ1) is 11.1. The van der Waals surface area contributed by atoms with Crippen molar-refractivity contribution < 1.29 is 9.90 Å². The number of hydrogen-bond acceptors (Lipinski definition) is 3. The van der Waals surface area contributed by atoms with Crippen molar-refractivity contribution in [1.29, 1.82) is 0 Å². The summed E-state index contributed by atoms with van der Waals surface area (Å²) in [5, 5.41) is 11.1. The molecule has 0 bridgehead atoms. The molecule has 1 fully saturated rings. The first-order valence-electron chi connectivity index (χ1n) is 4.87. The molecule has 1 aromatic heterocycles. The lowest BCUT2D eigenvalue weighted by atomic mass is 10.2. The van der Waals surface area contributed by atoms with E-state index < -0.39 is 5.97 Å². The maximum absolute atomic E-state index is 11.0. The maximum Gasteiger partial charge on any atom is 0.320 e. The van der Waals surface area contributed by atoms with Crippen LogP contribution in [0.3, 0.4) is 0 Å². The Labute approximate surface area is 101 Å². The second-order valence-electron chi connectivity index (χ2n) is 3.66. The van der Waals surface area contributed by atoms with Crippen molar-refractivity contribution >= 4 is 33.2 Å². The molecule has 1 N–H and O–H groups in total. The van der Waals surface area contributed by atoms with Crippen LogP contribution in [0.5, 0.6) is 0 Å². The average Bonchev–Trinajstić information content (AvgIpc) is 2.77. The minimum Gasteiger partial charge on any atom is -0.480 e. The Morgan fingerprint density at radius 2 is 2.53 bits per heavy atom. The molecule has 15 heavy (non-hydrogen) atoms. The second kappa shape index (κ2) is 4.63. The van der Waals surface area contributed by atoms with Crippen LogP contribution in [0.2, 0.25) is 0 Å². The Kier molecular flexibility index (Phi) is 3.43. The fourth-order valence-corrected chi connectivity index (χ4v) is 3.42. The van der Waals surface area contributed by atoms with Crippen molar-refractivity contribution in [2.75, 3.05) is 6.54 Å². The highest BCUT2D eigenvalue weighted by Crippen LogP contribution is 2.27. The molecular formula is C10H12BrNO2S. The van der Waals surface area contributed by atoms with Gasteiger partial charge in [-0.1, -0.05) is 0 Å². The molecule has 1 aliphatic rings. The Hall–Kier alpha value is -0.390. The molecule has 0 aliphatic carbocycles. The van der Waals surface area contributed by atoms with Crippen molar-refractivity contribution in [1.82, 2.24) is 4.90 Å². The van der Waals surface area contributed by atoms with Crippen LogP contribution in [0.1, 0.15) is 17.7 Å². The predicted molar refractivity (Wildman–Crippen MR) is 63.1 cm³/mol. The van der Waals surface area contributed by atoms with E-state index in [2.05, 4.69) is 15.9 Å². The van der Waals surface area contributed by atoms with Gasteiger partial charge in [0.15, 0.2) is 0 Å². The zero-order valence-corrected chi connectivity index (χ0v) is 10.6. The van der Waals surface area contributed by atoms with Crippen molar-refractivity contribution in [3.63, 3.8) is 0 Å². The number of hydrogen-bond donors (Lipinski definition) is 1. The molecule has 5 heteroatoms. The number of carboxylic acid groups (broad SMARTS) is 1. The number of carbonyl (C=O) groups is 1. The summed E-state index contributed by atoms with van der Waals surface area (Å²) in [5.74, 6) is -0.694. The van der Waals surface area contributed by atoms with Gasteiger partial charge >= 0.3 is 5.97 Å². The molecule has 2 heterocycles. The second-order valence-corrected chi connectivity index (χ2v) is 5.51. The van der Waals surface area contributed by atoms with Crippen LogP contribution in [-0.4, -0.2) is 28.6 Å². The quantitative estimate of drug-likeness (QED) is 0.930. The van der Waals surface area contributed by atoms with Crippen LogP contribution in [0.4, 0.5) is 0 Å². The van der Waals surface area contributed by atoms with Crippen molar-refractivity contribution in [2.45, 2.75) is 25.4 Å². The third-order valence-electron chi connectivity index (χ3n) is 2.69. The summed E-state index contributed by atoms with van der Waals surface area (Å²) >= 11 is 5.14. The zero-order valence-electron chi connectivity index (χ0n) is 8.15. The molecule has 1 saturated heterocycles. The highest BCUT2D eigenvalue weighted by Gasteiger charge is 2.30. The highest BCUT2D eigenvalue weighted by atomic mass is 79.9. The van der Waals surface area contributed by atoms with Crippen molar-refractivity contribution in [2.24, 2.45) is 0 Å². The largest absolute Gasteiger partial charge is 0.480 e. The number of thiophene rings is 1. The van der Waals surface area contributed by atoms with Crippen LogP contribution >= 0.6 is 27.3 Å². The first-order valence-corrected chi connectivity index (χ1v) is 6.54. The summed E-state index contributed by atoms with van der Waals surface area (Å²) in [6.07, 6.45) is 1.76. The zero-order chi connectivity index (χ0) is 10.8. The van der Waals surface area contributed by atoms with Gasteiger partial charge < -0.3 is 5.11 Å². The topological polar surface area (TPSA) is 40.5 Å². The van der Waals surface area contributed by atoms with Gasteiger partial charge in [-0.2, -0.15) is 0 Å². The van der Waals surface area contributed by atoms with Crippen molar-refractivity contribution in [3.05, 3.63) is 20.8 Å². The van der Waals surface area contributed by atoms with E-state index in [0.29, 0.717) is 0 Å². The number of rotatable bonds is 3. The molecule has 1 aliphatic heterocycles. The summed E-state index contributed by atoms with van der Waals surface area (Å²) < 4.78 is 1.09. The molecule has 0 aromatic carbocycles. The van der Waals surface area contributed by atoms with Crippen LogP contribution in [0, 0.1) is 0 Å². The van der Waals surface area contributed by atoms with Gasteiger partial charge in [-0.15, -0.1) is 11.3 Å². The van der Waals surface area contributed by atoms with Gasteiger partial charge in [0.1, 0.15) is 6.04 Å². The Morgan fingerprint density at radius 1 is 1.73 bits per heavy atom. The molecule has 82 valence electrons. The van der Waals surface area contributed by atoms with Gasteiger partial charge in [0, 0.05) is 15.9 Å². The Balaban J connectivity index is 2.06. The molecular weight excluding hydrogens is 278 g/mol. The standard InChI is InChI=1S/C10H12BrNO2S/c11-7-3-5-15-9(7)6-12-4-1-2-8(12)10(13)14/h3,5,8H,1-2,4,6H2,(H,13,14). The van der Waals surface area contributed by atoms with E-state index in [1.165, 1.54) is 4.88 Å². The van der Waals surface area contributed by atoms with E-state index in [9.17, 15) is 4.79 Å². The molecule has 0 amide bonds. The van der Waals surface area contributed by atoms with E-state index in [4.69, 9.17) is 5.11 Å². The lowest BCUT2D eigenvalue weighted by Crippen LogP contribution is -2.35. The van der Waals surface area contributed by atoms with Gasteiger partial charge in [-0.25, -0.2) is 0 Å². The van der Waals surface area contributed by atoms with Crippen LogP contribution in [-0.2, 0) is 11.3 Å². The molecule has 0 saturated carbocycles. The van der Waals surface area contributed by atoms with E-state index in [-0.39, 0.29) is 6.04 Å². The van der Waals surface area contributed by atoms with Crippen LogP contribution in [0.25, 0.3) is 0 Å². The maximum atomic E-state index is 11.0. The monoisotopic (exact) mass is 289 g/mol. The Morgan fingerprint density at radius 3 is 3.13 bits per heavy atom. The normalized spacial score (nSPS) is 22.1. The lowest BCUT2D eigenvalue weighted by Gasteiger charge is -2.20. The third-order valence-corrected chi connectivity index (χ3v) is 4.60. The van der Waals surface area contributed by atoms with Gasteiger partial charge in [-0.05, 0) is 46.8 Å². The molecule has 0 radical (unpaired) electrons. The number of nitrogens with zero attached hydrogens (tertiary/aromatic N) is 1. The summed E-state index contributed by atoms with van der Waals surface area (Å²) in [7, 11) is 0. The smallest absolute Gasteiger partial charge is 0.320 e. The van der Waals surface area contributed by atoms with Crippen molar-refractivity contribution in [3.8, 4) is 0 Å². The molecule has 2 rings (SSSR count). The van der Waals surface area contributed by atoms with Crippen LogP contribution < -0.4 is 0 Å². The molecule has 1 unspecified atom stereocenters. The summed E-state index contributed by atoms with van der Waals surface area (Å²) in [5.41, 5.74) is 0. The highest BCUT2D eigenvalue weighted by molar-refractivity contribution is 9.10. The summed E-state index contributed by atoms with van der Waals surface area (Å²) in [6, 6.07) is 1.71. The number of halogens is 1. The number of likely N-dealkylation sites (tertiary alicyclic amines) is 1. The first-order chi connectivity index (χ1) is 7.18. The average molecular weight is 290 g/mol. The van der Waals surface area contributed by atoms with Crippen LogP contribution in [0.15, 0.2) is 15.9 Å². The molecule has 0 spiro atoms. The molecule has 3 nitrogen and oxygen atoms in total. The molecule has 1 aromatic rings.